The SMILES string of the molecule is O=C(CN1C(=O)S/C(=C\c2ccc(-c3ccccc3C(F)(F)F)o2)C1=O)N1CCCCC1. The van der Waals surface area contributed by atoms with Gasteiger partial charge in [0.2, 0.25) is 5.91 Å². The van der Waals surface area contributed by atoms with Crippen LogP contribution in [-0.4, -0.2) is 46.5 Å². The monoisotopic (exact) mass is 464 g/mol. The predicted molar refractivity (Wildman–Crippen MR) is 112 cm³/mol. The number of piperidine rings is 1. The van der Waals surface area contributed by atoms with E-state index < -0.39 is 22.9 Å². The summed E-state index contributed by atoms with van der Waals surface area (Å²) in [5.74, 6) is -0.787. The van der Waals surface area contributed by atoms with E-state index in [4.69, 9.17) is 4.42 Å². The smallest absolute Gasteiger partial charge is 0.417 e. The topological polar surface area (TPSA) is 70.8 Å². The van der Waals surface area contributed by atoms with Crippen LogP contribution in [0.4, 0.5) is 18.0 Å². The zero-order valence-electron chi connectivity index (χ0n) is 16.9. The molecule has 6 nitrogen and oxygen atoms in total. The van der Waals surface area contributed by atoms with Crippen molar-refractivity contribution in [3.05, 3.63) is 52.6 Å². The van der Waals surface area contributed by atoms with Gasteiger partial charge in [-0.05, 0) is 49.2 Å². The van der Waals surface area contributed by atoms with E-state index in [-0.39, 0.29) is 34.4 Å². The number of hydrogen-bond donors (Lipinski definition) is 0. The minimum Gasteiger partial charge on any atom is -0.457 e. The van der Waals surface area contributed by atoms with Crippen LogP contribution in [0.2, 0.25) is 0 Å². The number of hydrogen-bond acceptors (Lipinski definition) is 5. The van der Waals surface area contributed by atoms with Gasteiger partial charge in [-0.15, -0.1) is 0 Å². The highest BCUT2D eigenvalue weighted by molar-refractivity contribution is 8.18. The van der Waals surface area contributed by atoms with Gasteiger partial charge in [0, 0.05) is 24.7 Å². The van der Waals surface area contributed by atoms with Gasteiger partial charge in [0.05, 0.1) is 10.5 Å². The van der Waals surface area contributed by atoms with Crippen LogP contribution < -0.4 is 0 Å². The molecule has 3 amide bonds. The third-order valence-corrected chi connectivity index (χ3v) is 6.18. The number of alkyl halides is 3. The molecule has 168 valence electrons. The van der Waals surface area contributed by atoms with Gasteiger partial charge in [0.1, 0.15) is 18.1 Å². The maximum absolute atomic E-state index is 13.3. The average Bonchev–Trinajstić information content (AvgIpc) is 3.34. The number of benzene rings is 1. The Morgan fingerprint density at radius 2 is 1.78 bits per heavy atom. The molecule has 0 radical (unpaired) electrons. The Labute approximate surface area is 186 Å². The van der Waals surface area contributed by atoms with Crippen LogP contribution in [0, 0.1) is 0 Å². The first-order valence-electron chi connectivity index (χ1n) is 10.0. The van der Waals surface area contributed by atoms with Crippen LogP contribution in [0.3, 0.4) is 0 Å². The summed E-state index contributed by atoms with van der Waals surface area (Å²) >= 11 is 0.666. The number of thioether (sulfide) groups is 1. The summed E-state index contributed by atoms with van der Waals surface area (Å²) < 4.78 is 45.3. The molecule has 2 aliphatic rings. The Kier molecular flexibility index (Phi) is 6.14. The minimum absolute atomic E-state index is 0.0105. The molecule has 0 unspecified atom stereocenters. The number of furan rings is 1. The molecule has 3 heterocycles. The van der Waals surface area contributed by atoms with Gasteiger partial charge < -0.3 is 9.32 Å². The van der Waals surface area contributed by atoms with Crippen LogP contribution in [0.1, 0.15) is 30.6 Å². The fraction of sp³-hybridized carbons (Fsp3) is 0.318. The molecule has 0 saturated carbocycles. The van der Waals surface area contributed by atoms with Crippen molar-refractivity contribution < 1.29 is 32.0 Å². The van der Waals surface area contributed by atoms with E-state index in [9.17, 15) is 27.6 Å². The number of rotatable bonds is 4. The molecule has 0 spiro atoms. The summed E-state index contributed by atoms with van der Waals surface area (Å²) in [6.07, 6.45) is -0.409. The van der Waals surface area contributed by atoms with Gasteiger partial charge in [-0.1, -0.05) is 18.2 Å². The number of carbonyl (C=O) groups excluding carboxylic acids is 3. The predicted octanol–water partition coefficient (Wildman–Crippen LogP) is 5.01. The van der Waals surface area contributed by atoms with Gasteiger partial charge >= 0.3 is 6.18 Å². The number of amides is 3. The molecule has 0 aliphatic carbocycles. The largest absolute Gasteiger partial charge is 0.457 e. The lowest BCUT2D eigenvalue weighted by Gasteiger charge is -2.27. The highest BCUT2D eigenvalue weighted by Gasteiger charge is 2.38. The molecular weight excluding hydrogens is 445 g/mol. The molecule has 2 aliphatic heterocycles. The fourth-order valence-corrected chi connectivity index (χ4v) is 4.48. The number of halogens is 3. The van der Waals surface area contributed by atoms with Gasteiger partial charge in [0.25, 0.3) is 11.1 Å². The van der Waals surface area contributed by atoms with Crippen molar-refractivity contribution >= 4 is 34.9 Å². The standard InChI is InChI=1S/C22H19F3N2O4S/c23-22(24,25)16-7-3-2-6-15(16)17-9-8-14(31-17)12-18-20(29)27(21(30)32-18)13-19(28)26-10-4-1-5-11-26/h2-3,6-9,12H,1,4-5,10-11,13H2/b18-12-. The van der Waals surface area contributed by atoms with Crippen molar-refractivity contribution in [2.75, 3.05) is 19.6 Å². The lowest BCUT2D eigenvalue weighted by atomic mass is 10.1. The molecule has 1 aromatic heterocycles. The Morgan fingerprint density at radius 3 is 2.50 bits per heavy atom. The zero-order valence-corrected chi connectivity index (χ0v) is 17.7. The van der Waals surface area contributed by atoms with Crippen LogP contribution in [0.15, 0.2) is 45.7 Å². The molecule has 10 heteroatoms. The summed E-state index contributed by atoms with van der Waals surface area (Å²) in [6, 6.07) is 7.82. The van der Waals surface area contributed by atoms with Gasteiger partial charge in [-0.25, -0.2) is 0 Å². The first-order valence-corrected chi connectivity index (χ1v) is 10.9. The molecule has 0 N–H and O–H groups in total. The average molecular weight is 464 g/mol. The maximum Gasteiger partial charge on any atom is 0.417 e. The molecule has 2 saturated heterocycles. The van der Waals surface area contributed by atoms with Crippen molar-refractivity contribution in [1.82, 2.24) is 9.80 Å². The van der Waals surface area contributed by atoms with E-state index in [0.717, 1.165) is 30.2 Å². The van der Waals surface area contributed by atoms with Crippen molar-refractivity contribution in [3.63, 3.8) is 0 Å². The second-order valence-electron chi connectivity index (χ2n) is 7.45. The van der Waals surface area contributed by atoms with Crippen molar-refractivity contribution in [1.29, 1.82) is 0 Å². The van der Waals surface area contributed by atoms with Gasteiger partial charge in [0.15, 0.2) is 0 Å². The quantitative estimate of drug-likeness (QED) is 0.595. The summed E-state index contributed by atoms with van der Waals surface area (Å²) in [5, 5.41) is -0.569. The first kappa shape index (κ1) is 22.2. The van der Waals surface area contributed by atoms with Crippen molar-refractivity contribution in [2.24, 2.45) is 0 Å². The van der Waals surface area contributed by atoms with E-state index in [0.29, 0.717) is 24.9 Å². The van der Waals surface area contributed by atoms with E-state index in [2.05, 4.69) is 0 Å². The molecule has 1 aromatic carbocycles. The highest BCUT2D eigenvalue weighted by atomic mass is 32.2. The maximum atomic E-state index is 13.3. The molecule has 32 heavy (non-hydrogen) atoms. The Hall–Kier alpha value is -3.01. The van der Waals surface area contributed by atoms with Crippen LogP contribution in [0.25, 0.3) is 17.4 Å². The summed E-state index contributed by atoms with van der Waals surface area (Å²) in [4.78, 5) is 39.9. The molecule has 2 fully saturated rings. The second kappa shape index (κ2) is 8.85. The second-order valence-corrected chi connectivity index (χ2v) is 8.45. The summed E-state index contributed by atoms with van der Waals surface area (Å²) in [7, 11) is 0. The molecular formula is C22H19F3N2O4S. The molecule has 2 aromatic rings. The van der Waals surface area contributed by atoms with E-state index in [1.807, 2.05) is 0 Å². The lowest BCUT2D eigenvalue weighted by molar-refractivity contribution is -0.137. The lowest BCUT2D eigenvalue weighted by Crippen LogP contribution is -2.44. The fourth-order valence-electron chi connectivity index (χ4n) is 3.66. The number of imide groups is 1. The van der Waals surface area contributed by atoms with Crippen molar-refractivity contribution in [2.45, 2.75) is 25.4 Å². The van der Waals surface area contributed by atoms with E-state index in [1.165, 1.54) is 36.4 Å². The van der Waals surface area contributed by atoms with Crippen LogP contribution in [0.5, 0.6) is 0 Å². The Bertz CT molecular complexity index is 1090. The zero-order chi connectivity index (χ0) is 22.9. The summed E-state index contributed by atoms with van der Waals surface area (Å²) in [5.41, 5.74) is -0.961. The van der Waals surface area contributed by atoms with Crippen molar-refractivity contribution in [3.8, 4) is 11.3 Å². The number of likely N-dealkylation sites (tertiary alicyclic amines) is 1. The van der Waals surface area contributed by atoms with Crippen LogP contribution in [-0.2, 0) is 15.8 Å². The van der Waals surface area contributed by atoms with E-state index in [1.54, 1.807) is 4.90 Å². The number of nitrogens with zero attached hydrogens (tertiary/aromatic N) is 2. The Balaban J connectivity index is 1.51. The van der Waals surface area contributed by atoms with Gasteiger partial charge in [-0.2, -0.15) is 13.2 Å². The minimum atomic E-state index is -4.55. The first-order chi connectivity index (χ1) is 15.2. The van der Waals surface area contributed by atoms with Gasteiger partial charge in [-0.3, -0.25) is 19.3 Å². The Morgan fingerprint density at radius 1 is 1.06 bits per heavy atom. The van der Waals surface area contributed by atoms with E-state index >= 15 is 0 Å². The third kappa shape index (κ3) is 4.59. The molecule has 0 bridgehead atoms. The third-order valence-electron chi connectivity index (χ3n) is 5.27. The molecule has 4 rings (SSSR count). The number of carbonyl (C=O) groups is 3. The summed E-state index contributed by atoms with van der Waals surface area (Å²) in [6.45, 7) is 0.892. The van der Waals surface area contributed by atoms with Crippen LogP contribution >= 0.6 is 11.8 Å². The normalized spacial score (nSPS) is 18.7. The highest BCUT2D eigenvalue weighted by Crippen LogP contribution is 2.38. The molecule has 0 atom stereocenters.